The second-order valence-electron chi connectivity index (χ2n) is 3.97. The minimum Gasteiger partial charge on any atom is -0.394 e. The smallest absolute Gasteiger partial charge is 0.261 e. The Morgan fingerprint density at radius 1 is 1.44 bits per heavy atom. The summed E-state index contributed by atoms with van der Waals surface area (Å²) in [7, 11) is 0. The van der Waals surface area contributed by atoms with Crippen molar-refractivity contribution < 1.29 is 14.7 Å². The third-order valence-electron chi connectivity index (χ3n) is 2.55. The molecule has 1 unspecified atom stereocenters. The van der Waals surface area contributed by atoms with E-state index < -0.39 is 6.04 Å². The SMILES string of the molecule is CC[C@@H](CO)NC(=O)C(C)NC(=O)c1cccs1. The van der Waals surface area contributed by atoms with Gasteiger partial charge in [0.25, 0.3) is 5.91 Å². The molecule has 0 bridgehead atoms. The van der Waals surface area contributed by atoms with E-state index in [0.717, 1.165) is 0 Å². The zero-order valence-corrected chi connectivity index (χ0v) is 11.3. The molecule has 100 valence electrons. The van der Waals surface area contributed by atoms with Crippen LogP contribution in [0.4, 0.5) is 0 Å². The standard InChI is InChI=1S/C12H18N2O3S/c1-3-9(7-15)14-11(16)8(2)13-12(17)10-5-4-6-18-10/h4-6,8-9,15H,3,7H2,1-2H3,(H,13,17)(H,14,16)/t8?,9-/m0/s1. The summed E-state index contributed by atoms with van der Waals surface area (Å²) in [6, 6.07) is 2.59. The summed E-state index contributed by atoms with van der Waals surface area (Å²) >= 11 is 1.32. The fraction of sp³-hybridized carbons (Fsp3) is 0.500. The molecule has 1 rings (SSSR count). The van der Waals surface area contributed by atoms with E-state index in [-0.39, 0.29) is 24.5 Å². The summed E-state index contributed by atoms with van der Waals surface area (Å²) in [6.45, 7) is 3.38. The first-order valence-corrected chi connectivity index (χ1v) is 6.72. The van der Waals surface area contributed by atoms with Gasteiger partial charge in [0.05, 0.1) is 17.5 Å². The number of aliphatic hydroxyl groups excluding tert-OH is 1. The van der Waals surface area contributed by atoms with Gasteiger partial charge in [0, 0.05) is 0 Å². The van der Waals surface area contributed by atoms with E-state index in [1.807, 2.05) is 6.92 Å². The first-order valence-electron chi connectivity index (χ1n) is 5.84. The molecule has 5 nitrogen and oxygen atoms in total. The Balaban J connectivity index is 2.47. The molecule has 2 amide bonds. The molecule has 0 aliphatic carbocycles. The number of carbonyl (C=O) groups is 2. The quantitative estimate of drug-likeness (QED) is 0.714. The van der Waals surface area contributed by atoms with Gasteiger partial charge >= 0.3 is 0 Å². The van der Waals surface area contributed by atoms with E-state index in [9.17, 15) is 9.59 Å². The molecule has 1 aromatic rings. The van der Waals surface area contributed by atoms with Crippen molar-refractivity contribution in [1.29, 1.82) is 0 Å². The van der Waals surface area contributed by atoms with Gasteiger partial charge in [-0.25, -0.2) is 0 Å². The molecule has 0 aliphatic heterocycles. The molecule has 0 saturated heterocycles. The van der Waals surface area contributed by atoms with E-state index in [4.69, 9.17) is 5.11 Å². The van der Waals surface area contributed by atoms with Crippen molar-refractivity contribution in [2.24, 2.45) is 0 Å². The van der Waals surface area contributed by atoms with Gasteiger partial charge in [-0.1, -0.05) is 13.0 Å². The number of carbonyl (C=O) groups excluding carboxylic acids is 2. The molecular weight excluding hydrogens is 252 g/mol. The van der Waals surface area contributed by atoms with Gasteiger partial charge in [-0.05, 0) is 24.8 Å². The molecule has 2 atom stereocenters. The lowest BCUT2D eigenvalue weighted by Crippen LogP contribution is -2.48. The number of hydrogen-bond acceptors (Lipinski definition) is 4. The summed E-state index contributed by atoms with van der Waals surface area (Å²) in [5.41, 5.74) is 0. The van der Waals surface area contributed by atoms with Crippen LogP contribution in [-0.2, 0) is 4.79 Å². The van der Waals surface area contributed by atoms with Crippen LogP contribution in [0.15, 0.2) is 17.5 Å². The van der Waals surface area contributed by atoms with Crippen LogP contribution >= 0.6 is 11.3 Å². The second-order valence-corrected chi connectivity index (χ2v) is 4.92. The largest absolute Gasteiger partial charge is 0.394 e. The highest BCUT2D eigenvalue weighted by atomic mass is 32.1. The van der Waals surface area contributed by atoms with Crippen LogP contribution in [0, 0.1) is 0 Å². The van der Waals surface area contributed by atoms with Crippen LogP contribution in [0.25, 0.3) is 0 Å². The zero-order valence-electron chi connectivity index (χ0n) is 10.5. The molecule has 0 aromatic carbocycles. The lowest BCUT2D eigenvalue weighted by molar-refractivity contribution is -0.123. The van der Waals surface area contributed by atoms with Gasteiger partial charge in [0.1, 0.15) is 6.04 Å². The lowest BCUT2D eigenvalue weighted by atomic mass is 10.2. The average molecular weight is 270 g/mol. The Hall–Kier alpha value is -1.40. The van der Waals surface area contributed by atoms with Crippen LogP contribution < -0.4 is 10.6 Å². The molecule has 18 heavy (non-hydrogen) atoms. The van der Waals surface area contributed by atoms with Crippen molar-refractivity contribution in [1.82, 2.24) is 10.6 Å². The predicted octanol–water partition coefficient (Wildman–Crippen LogP) is 0.754. The van der Waals surface area contributed by atoms with E-state index >= 15 is 0 Å². The normalized spacial score (nSPS) is 13.7. The summed E-state index contributed by atoms with van der Waals surface area (Å²) in [6.07, 6.45) is 0.647. The van der Waals surface area contributed by atoms with Crippen LogP contribution in [0.2, 0.25) is 0 Å². The number of amides is 2. The zero-order chi connectivity index (χ0) is 13.5. The van der Waals surface area contributed by atoms with Gasteiger partial charge in [-0.2, -0.15) is 0 Å². The molecule has 1 aromatic heterocycles. The van der Waals surface area contributed by atoms with Crippen molar-refractivity contribution in [3.63, 3.8) is 0 Å². The predicted molar refractivity (Wildman–Crippen MR) is 70.6 cm³/mol. The Bertz CT molecular complexity index is 388. The molecule has 0 fully saturated rings. The van der Waals surface area contributed by atoms with E-state index in [0.29, 0.717) is 11.3 Å². The van der Waals surface area contributed by atoms with Gasteiger partial charge in [0.2, 0.25) is 5.91 Å². The Kier molecular flexibility index (Phi) is 5.80. The van der Waals surface area contributed by atoms with Crippen molar-refractivity contribution in [2.75, 3.05) is 6.61 Å². The Labute approximate surface area is 110 Å². The summed E-state index contributed by atoms with van der Waals surface area (Å²) in [5.74, 6) is -0.550. The van der Waals surface area contributed by atoms with Crippen molar-refractivity contribution in [3.05, 3.63) is 22.4 Å². The van der Waals surface area contributed by atoms with E-state index in [1.54, 1.807) is 24.4 Å². The topological polar surface area (TPSA) is 78.4 Å². The number of aliphatic hydroxyl groups is 1. The first-order chi connectivity index (χ1) is 8.58. The average Bonchev–Trinajstić information content (AvgIpc) is 2.89. The van der Waals surface area contributed by atoms with Crippen molar-refractivity contribution in [3.8, 4) is 0 Å². The fourth-order valence-electron chi connectivity index (χ4n) is 1.34. The van der Waals surface area contributed by atoms with E-state index in [1.165, 1.54) is 11.3 Å². The number of hydrogen-bond donors (Lipinski definition) is 3. The number of nitrogens with one attached hydrogen (secondary N) is 2. The molecule has 0 aliphatic rings. The Morgan fingerprint density at radius 2 is 2.17 bits per heavy atom. The third kappa shape index (κ3) is 4.12. The van der Waals surface area contributed by atoms with Crippen LogP contribution in [0.5, 0.6) is 0 Å². The fourth-order valence-corrected chi connectivity index (χ4v) is 1.97. The van der Waals surface area contributed by atoms with Crippen LogP contribution in [0.3, 0.4) is 0 Å². The molecule has 3 N–H and O–H groups in total. The molecular formula is C12H18N2O3S. The maximum Gasteiger partial charge on any atom is 0.261 e. The highest BCUT2D eigenvalue weighted by molar-refractivity contribution is 7.12. The van der Waals surface area contributed by atoms with Gasteiger partial charge < -0.3 is 15.7 Å². The van der Waals surface area contributed by atoms with Gasteiger partial charge in [0.15, 0.2) is 0 Å². The molecule has 6 heteroatoms. The highest BCUT2D eigenvalue weighted by Crippen LogP contribution is 2.08. The van der Waals surface area contributed by atoms with Gasteiger partial charge in [-0.15, -0.1) is 11.3 Å². The highest BCUT2D eigenvalue weighted by Gasteiger charge is 2.19. The second kappa shape index (κ2) is 7.13. The number of thiophene rings is 1. The third-order valence-corrected chi connectivity index (χ3v) is 3.41. The maximum atomic E-state index is 11.7. The lowest BCUT2D eigenvalue weighted by Gasteiger charge is -2.18. The molecule has 0 radical (unpaired) electrons. The number of rotatable bonds is 6. The minimum atomic E-state index is -0.625. The minimum absolute atomic E-state index is 0.103. The van der Waals surface area contributed by atoms with E-state index in [2.05, 4.69) is 10.6 Å². The summed E-state index contributed by atoms with van der Waals surface area (Å²) in [4.78, 5) is 24.0. The van der Waals surface area contributed by atoms with Crippen LogP contribution in [-0.4, -0.2) is 35.6 Å². The Morgan fingerprint density at radius 3 is 2.67 bits per heavy atom. The van der Waals surface area contributed by atoms with Crippen molar-refractivity contribution >= 4 is 23.2 Å². The summed E-state index contributed by atoms with van der Waals surface area (Å²) in [5, 5.41) is 16.1. The first kappa shape index (κ1) is 14.7. The molecule has 1 heterocycles. The maximum absolute atomic E-state index is 11.7. The van der Waals surface area contributed by atoms with Crippen LogP contribution in [0.1, 0.15) is 29.9 Å². The summed E-state index contributed by atoms with van der Waals surface area (Å²) < 4.78 is 0. The molecule has 0 saturated carbocycles. The monoisotopic (exact) mass is 270 g/mol. The van der Waals surface area contributed by atoms with Gasteiger partial charge in [-0.3, -0.25) is 9.59 Å². The molecule has 0 spiro atoms. The van der Waals surface area contributed by atoms with Crippen molar-refractivity contribution in [2.45, 2.75) is 32.4 Å².